The van der Waals surface area contributed by atoms with Gasteiger partial charge in [-0.1, -0.05) is 24.3 Å². The Kier molecular flexibility index (Phi) is 5.21. The molecule has 0 aliphatic carbocycles. The zero-order chi connectivity index (χ0) is 15.1. The van der Waals surface area contributed by atoms with Gasteiger partial charge in [-0.25, -0.2) is 0 Å². The number of ketones is 1. The van der Waals surface area contributed by atoms with Crippen molar-refractivity contribution in [2.75, 3.05) is 20.3 Å². The largest absolute Gasteiger partial charge is 0.493 e. The number of para-hydroxylation sites is 3. The quantitative estimate of drug-likeness (QED) is 0.578. The minimum Gasteiger partial charge on any atom is -0.493 e. The fourth-order valence-corrected chi connectivity index (χ4v) is 1.92. The number of methoxy groups -OCH3 is 1. The first kappa shape index (κ1) is 14.9. The highest BCUT2D eigenvalue weighted by Crippen LogP contribution is 2.25. The number of hydrogen-bond acceptors (Lipinski definition) is 4. The van der Waals surface area contributed by atoms with Gasteiger partial charge >= 0.3 is 0 Å². The van der Waals surface area contributed by atoms with Crippen LogP contribution in [-0.4, -0.2) is 26.1 Å². The van der Waals surface area contributed by atoms with Crippen LogP contribution in [0.2, 0.25) is 0 Å². The van der Waals surface area contributed by atoms with Crippen LogP contribution in [0, 0.1) is 0 Å². The number of carbonyl (C=O) groups is 1. The third-order valence-corrected chi connectivity index (χ3v) is 2.93. The Balaban J connectivity index is 1.89. The molecule has 0 aliphatic heterocycles. The summed E-state index contributed by atoms with van der Waals surface area (Å²) in [5.74, 6) is 1.91. The van der Waals surface area contributed by atoms with E-state index >= 15 is 0 Å². The lowest BCUT2D eigenvalue weighted by molar-refractivity contribution is 0.101. The summed E-state index contributed by atoms with van der Waals surface area (Å²) in [5.41, 5.74) is 0.579. The second-order valence-corrected chi connectivity index (χ2v) is 4.40. The summed E-state index contributed by atoms with van der Waals surface area (Å²) in [5, 5.41) is 0. The van der Waals surface area contributed by atoms with E-state index in [9.17, 15) is 4.79 Å². The summed E-state index contributed by atoms with van der Waals surface area (Å²) >= 11 is 0. The van der Waals surface area contributed by atoms with Crippen molar-refractivity contribution in [2.24, 2.45) is 0 Å². The molecular weight excluding hydrogens is 268 g/mol. The zero-order valence-corrected chi connectivity index (χ0v) is 12.2. The molecule has 0 aromatic heterocycles. The minimum absolute atomic E-state index is 0.0174. The molecule has 0 atom stereocenters. The van der Waals surface area contributed by atoms with Gasteiger partial charge in [-0.2, -0.15) is 0 Å². The molecule has 0 bridgehead atoms. The Labute approximate surface area is 124 Å². The highest BCUT2D eigenvalue weighted by atomic mass is 16.5. The van der Waals surface area contributed by atoms with Gasteiger partial charge in [-0.3, -0.25) is 4.79 Å². The Bertz CT molecular complexity index is 607. The average Bonchev–Trinajstić information content (AvgIpc) is 2.52. The first-order valence-corrected chi connectivity index (χ1v) is 6.71. The van der Waals surface area contributed by atoms with E-state index in [1.165, 1.54) is 6.92 Å². The van der Waals surface area contributed by atoms with Crippen molar-refractivity contribution in [1.29, 1.82) is 0 Å². The average molecular weight is 286 g/mol. The number of ether oxygens (including phenoxy) is 3. The second-order valence-electron chi connectivity index (χ2n) is 4.40. The first-order chi connectivity index (χ1) is 10.2. The van der Waals surface area contributed by atoms with Crippen LogP contribution in [-0.2, 0) is 0 Å². The maximum Gasteiger partial charge on any atom is 0.163 e. The van der Waals surface area contributed by atoms with Crippen LogP contribution < -0.4 is 14.2 Å². The number of benzene rings is 2. The van der Waals surface area contributed by atoms with E-state index in [1.807, 2.05) is 36.4 Å². The number of carbonyl (C=O) groups excluding carboxylic acids is 1. The highest BCUT2D eigenvalue weighted by molar-refractivity contribution is 5.96. The van der Waals surface area contributed by atoms with Gasteiger partial charge < -0.3 is 14.2 Å². The molecule has 4 heteroatoms. The molecule has 2 rings (SSSR count). The third-order valence-electron chi connectivity index (χ3n) is 2.93. The van der Waals surface area contributed by atoms with Crippen molar-refractivity contribution in [1.82, 2.24) is 0 Å². The van der Waals surface area contributed by atoms with Crippen molar-refractivity contribution < 1.29 is 19.0 Å². The molecule has 4 nitrogen and oxygen atoms in total. The predicted molar refractivity (Wildman–Crippen MR) is 80.4 cm³/mol. The van der Waals surface area contributed by atoms with E-state index in [0.29, 0.717) is 36.0 Å². The summed E-state index contributed by atoms with van der Waals surface area (Å²) in [7, 11) is 1.60. The summed E-state index contributed by atoms with van der Waals surface area (Å²) in [6.45, 7) is 2.24. The van der Waals surface area contributed by atoms with Crippen LogP contribution in [0.25, 0.3) is 0 Å². The lowest BCUT2D eigenvalue weighted by Gasteiger charge is -2.12. The Morgan fingerprint density at radius 1 is 0.857 bits per heavy atom. The van der Waals surface area contributed by atoms with Crippen molar-refractivity contribution >= 4 is 5.78 Å². The van der Waals surface area contributed by atoms with Gasteiger partial charge in [0, 0.05) is 0 Å². The van der Waals surface area contributed by atoms with Crippen molar-refractivity contribution in [3.05, 3.63) is 54.1 Å². The van der Waals surface area contributed by atoms with Gasteiger partial charge in [-0.15, -0.1) is 0 Å². The molecule has 0 heterocycles. The summed E-state index contributed by atoms with van der Waals surface area (Å²) in [6.07, 6.45) is 0. The SMILES string of the molecule is COc1ccccc1OCCOc1ccccc1C(C)=O. The predicted octanol–water partition coefficient (Wildman–Crippen LogP) is 3.36. The van der Waals surface area contributed by atoms with Crippen LogP contribution in [0.3, 0.4) is 0 Å². The molecular formula is C17H18O4. The Morgan fingerprint density at radius 2 is 1.38 bits per heavy atom. The van der Waals surface area contributed by atoms with Crippen molar-refractivity contribution in [3.63, 3.8) is 0 Å². The standard InChI is InChI=1S/C17H18O4/c1-13(18)14-7-3-4-8-15(14)20-11-12-21-17-10-6-5-9-16(17)19-2/h3-10H,11-12H2,1-2H3. The molecule has 0 unspecified atom stereocenters. The van der Waals surface area contributed by atoms with Gasteiger partial charge in [-0.05, 0) is 31.2 Å². The van der Waals surface area contributed by atoms with Crippen molar-refractivity contribution in [2.45, 2.75) is 6.92 Å². The topological polar surface area (TPSA) is 44.8 Å². The molecule has 2 aromatic rings. The molecule has 0 spiro atoms. The van der Waals surface area contributed by atoms with Gasteiger partial charge in [0.1, 0.15) is 19.0 Å². The van der Waals surface area contributed by atoms with E-state index in [-0.39, 0.29) is 5.78 Å². The van der Waals surface area contributed by atoms with Crippen LogP contribution in [0.15, 0.2) is 48.5 Å². The van der Waals surface area contributed by atoms with E-state index in [0.717, 1.165) is 0 Å². The Morgan fingerprint density at radius 3 is 2.00 bits per heavy atom. The smallest absolute Gasteiger partial charge is 0.163 e. The van der Waals surface area contributed by atoms with Gasteiger partial charge in [0.25, 0.3) is 0 Å². The third kappa shape index (κ3) is 3.99. The molecule has 21 heavy (non-hydrogen) atoms. The number of Topliss-reactive ketones (excluding diaryl/α,β-unsaturated/α-hetero) is 1. The molecule has 0 saturated carbocycles. The fraction of sp³-hybridized carbons (Fsp3) is 0.235. The molecule has 0 amide bonds. The summed E-state index contributed by atoms with van der Waals surface area (Å²) in [6, 6.07) is 14.6. The van der Waals surface area contributed by atoms with E-state index < -0.39 is 0 Å². The van der Waals surface area contributed by atoms with E-state index in [4.69, 9.17) is 14.2 Å². The summed E-state index contributed by atoms with van der Waals surface area (Å²) < 4.78 is 16.4. The molecule has 0 N–H and O–H groups in total. The molecule has 2 aromatic carbocycles. The van der Waals surface area contributed by atoms with Crippen LogP contribution in [0.1, 0.15) is 17.3 Å². The summed E-state index contributed by atoms with van der Waals surface area (Å²) in [4.78, 5) is 11.5. The lowest BCUT2D eigenvalue weighted by atomic mass is 10.1. The van der Waals surface area contributed by atoms with Crippen LogP contribution in [0.4, 0.5) is 0 Å². The van der Waals surface area contributed by atoms with Crippen molar-refractivity contribution in [3.8, 4) is 17.2 Å². The van der Waals surface area contributed by atoms with E-state index in [2.05, 4.69) is 0 Å². The van der Waals surface area contributed by atoms with Gasteiger partial charge in [0.15, 0.2) is 17.3 Å². The molecule has 0 radical (unpaired) electrons. The van der Waals surface area contributed by atoms with Crippen LogP contribution >= 0.6 is 0 Å². The molecule has 0 fully saturated rings. The molecule has 0 aliphatic rings. The minimum atomic E-state index is -0.0174. The zero-order valence-electron chi connectivity index (χ0n) is 12.2. The van der Waals surface area contributed by atoms with Gasteiger partial charge in [0.2, 0.25) is 0 Å². The monoisotopic (exact) mass is 286 g/mol. The maximum absolute atomic E-state index is 11.5. The number of rotatable bonds is 7. The normalized spacial score (nSPS) is 10.0. The lowest BCUT2D eigenvalue weighted by Crippen LogP contribution is -2.11. The molecule has 110 valence electrons. The highest BCUT2D eigenvalue weighted by Gasteiger charge is 2.07. The fourth-order valence-electron chi connectivity index (χ4n) is 1.92. The number of hydrogen-bond donors (Lipinski definition) is 0. The molecule has 0 saturated heterocycles. The maximum atomic E-state index is 11.5. The van der Waals surface area contributed by atoms with E-state index in [1.54, 1.807) is 19.2 Å². The van der Waals surface area contributed by atoms with Gasteiger partial charge in [0.05, 0.1) is 12.7 Å². The second kappa shape index (κ2) is 7.33. The van der Waals surface area contributed by atoms with Crippen LogP contribution in [0.5, 0.6) is 17.2 Å². The first-order valence-electron chi connectivity index (χ1n) is 6.71. The Hall–Kier alpha value is -2.49.